The lowest BCUT2D eigenvalue weighted by molar-refractivity contribution is -0.140. The van der Waals surface area contributed by atoms with Crippen molar-refractivity contribution in [3.8, 4) is 0 Å². The molecule has 1 fully saturated rings. The Morgan fingerprint density at radius 1 is 1.21 bits per heavy atom. The molecule has 2 rings (SSSR count). The fraction of sp³-hybridized carbons (Fsp3) is 0.476. The smallest absolute Gasteiger partial charge is 0.407 e. The quantitative estimate of drug-likeness (QED) is 0.230. The number of carboxylic acids is 1. The summed E-state index contributed by atoms with van der Waals surface area (Å²) in [4.78, 5) is 51.0. The molecule has 6 N–H and O–H groups in total. The molecule has 1 aliphatic heterocycles. The number of nitrogen functional groups attached to an aromatic ring is 1. The average molecular weight is 463 g/mol. The molecule has 12 heteroatoms. The van der Waals surface area contributed by atoms with Crippen molar-refractivity contribution in [1.82, 2.24) is 15.5 Å². The van der Waals surface area contributed by atoms with Crippen LogP contribution in [0.2, 0.25) is 0 Å². The van der Waals surface area contributed by atoms with Gasteiger partial charge in [0.25, 0.3) is 0 Å². The van der Waals surface area contributed by atoms with Crippen molar-refractivity contribution in [3.63, 3.8) is 0 Å². The summed E-state index contributed by atoms with van der Waals surface area (Å²) in [7, 11) is 0. The number of hydrogen-bond donors (Lipinski definition) is 5. The van der Waals surface area contributed by atoms with E-state index in [1.807, 2.05) is 18.7 Å². The van der Waals surface area contributed by atoms with Crippen LogP contribution in [0.1, 0.15) is 19.4 Å². The molecule has 1 aliphatic rings. The number of nitrogens with zero attached hydrogens (tertiary/aromatic N) is 2. The van der Waals surface area contributed by atoms with Crippen LogP contribution in [0, 0.1) is 11.3 Å². The summed E-state index contributed by atoms with van der Waals surface area (Å²) in [6, 6.07) is 5.59. The Bertz CT molecular complexity index is 888. The van der Waals surface area contributed by atoms with Gasteiger partial charge in [-0.25, -0.2) is 9.59 Å². The summed E-state index contributed by atoms with van der Waals surface area (Å²) in [5.41, 5.74) is 6.84. The van der Waals surface area contributed by atoms with Crippen LogP contribution in [0.4, 0.5) is 10.5 Å². The summed E-state index contributed by atoms with van der Waals surface area (Å²) < 4.78 is 4.89. The number of alkyl carbamates (subject to hydrolysis) is 1. The van der Waals surface area contributed by atoms with E-state index in [0.717, 1.165) is 5.69 Å². The Morgan fingerprint density at radius 3 is 2.42 bits per heavy atom. The highest BCUT2D eigenvalue weighted by Gasteiger charge is 2.27. The SMILES string of the molecule is CC(C)COC(=O)N[C@@H](CNC(=O)CN1CCN(c2ccc(C(=N)N)cc2)CC1=O)C(=O)O. The number of carboxylic acid groups (broad SMARTS) is 1. The maximum absolute atomic E-state index is 12.5. The number of carbonyl (C=O) groups excluding carboxylic acids is 3. The third-order valence-electron chi connectivity index (χ3n) is 4.84. The molecule has 0 aromatic heterocycles. The lowest BCUT2D eigenvalue weighted by Crippen LogP contribution is -2.54. The van der Waals surface area contributed by atoms with Gasteiger partial charge < -0.3 is 36.0 Å². The van der Waals surface area contributed by atoms with Crippen molar-refractivity contribution in [2.45, 2.75) is 19.9 Å². The molecular formula is C21H30N6O6. The van der Waals surface area contributed by atoms with Crippen molar-refractivity contribution in [2.75, 3.05) is 44.2 Å². The van der Waals surface area contributed by atoms with E-state index in [1.165, 1.54) is 4.90 Å². The van der Waals surface area contributed by atoms with Crippen LogP contribution >= 0.6 is 0 Å². The third kappa shape index (κ3) is 7.98. The van der Waals surface area contributed by atoms with E-state index in [0.29, 0.717) is 18.7 Å². The number of hydrogen-bond acceptors (Lipinski definition) is 7. The second kappa shape index (κ2) is 11.7. The van der Waals surface area contributed by atoms with Crippen LogP contribution in [0.25, 0.3) is 0 Å². The molecule has 0 bridgehead atoms. The van der Waals surface area contributed by atoms with Gasteiger partial charge in [0.1, 0.15) is 11.9 Å². The molecule has 0 spiro atoms. The van der Waals surface area contributed by atoms with Crippen LogP contribution in [0.5, 0.6) is 0 Å². The number of nitrogens with one attached hydrogen (secondary N) is 3. The van der Waals surface area contributed by atoms with Crippen molar-refractivity contribution < 1.29 is 29.0 Å². The van der Waals surface area contributed by atoms with E-state index in [-0.39, 0.29) is 43.9 Å². The fourth-order valence-corrected chi connectivity index (χ4v) is 3.02. The van der Waals surface area contributed by atoms with Gasteiger partial charge in [-0.05, 0) is 30.2 Å². The number of ether oxygens (including phenoxy) is 1. The average Bonchev–Trinajstić information content (AvgIpc) is 2.76. The summed E-state index contributed by atoms with van der Waals surface area (Å²) in [5, 5.41) is 21.3. The van der Waals surface area contributed by atoms with E-state index >= 15 is 0 Å². The Labute approximate surface area is 191 Å². The lowest BCUT2D eigenvalue weighted by atomic mass is 10.1. The molecule has 0 saturated carbocycles. The summed E-state index contributed by atoms with van der Waals surface area (Å²) in [6.45, 7) is 4.14. The topological polar surface area (TPSA) is 178 Å². The molecule has 12 nitrogen and oxygen atoms in total. The van der Waals surface area contributed by atoms with Crippen LogP contribution in [-0.2, 0) is 19.1 Å². The Balaban J connectivity index is 1.81. The summed E-state index contributed by atoms with van der Waals surface area (Å²) in [5.74, 6) is -2.06. The number of anilines is 1. The zero-order valence-corrected chi connectivity index (χ0v) is 18.7. The van der Waals surface area contributed by atoms with Crippen LogP contribution in [0.15, 0.2) is 24.3 Å². The van der Waals surface area contributed by atoms with Gasteiger partial charge in [-0.15, -0.1) is 0 Å². The molecule has 1 saturated heterocycles. The molecule has 0 unspecified atom stereocenters. The first-order valence-electron chi connectivity index (χ1n) is 10.5. The summed E-state index contributed by atoms with van der Waals surface area (Å²) in [6.07, 6.45) is -0.881. The van der Waals surface area contributed by atoms with Gasteiger partial charge in [-0.1, -0.05) is 13.8 Å². The molecule has 1 aromatic carbocycles. The van der Waals surface area contributed by atoms with Gasteiger partial charge in [0.05, 0.1) is 19.7 Å². The minimum Gasteiger partial charge on any atom is -0.480 e. The molecule has 3 amide bonds. The van der Waals surface area contributed by atoms with Gasteiger partial charge in [-0.2, -0.15) is 0 Å². The third-order valence-corrected chi connectivity index (χ3v) is 4.84. The van der Waals surface area contributed by atoms with Gasteiger partial charge in [0, 0.05) is 30.9 Å². The van der Waals surface area contributed by atoms with Crippen molar-refractivity contribution >= 4 is 35.4 Å². The monoisotopic (exact) mass is 462 g/mol. The zero-order valence-electron chi connectivity index (χ0n) is 18.7. The zero-order chi connectivity index (χ0) is 24.5. The van der Waals surface area contributed by atoms with Gasteiger partial charge in [-0.3, -0.25) is 15.0 Å². The Kier molecular flexibility index (Phi) is 9.01. The Morgan fingerprint density at radius 2 is 1.88 bits per heavy atom. The van der Waals surface area contributed by atoms with Gasteiger partial charge in [0.15, 0.2) is 0 Å². The number of nitrogens with two attached hydrogens (primary N) is 1. The number of piperazine rings is 1. The maximum atomic E-state index is 12.5. The number of carbonyl (C=O) groups is 4. The number of benzene rings is 1. The van der Waals surface area contributed by atoms with Crippen LogP contribution in [-0.4, -0.2) is 85.1 Å². The minimum absolute atomic E-state index is 0.0405. The highest BCUT2D eigenvalue weighted by atomic mass is 16.5. The van der Waals surface area contributed by atoms with Gasteiger partial charge >= 0.3 is 12.1 Å². The lowest BCUT2D eigenvalue weighted by Gasteiger charge is -2.35. The Hall–Kier alpha value is -3.83. The van der Waals surface area contributed by atoms with Gasteiger partial charge in [0.2, 0.25) is 11.8 Å². The number of aliphatic carboxylic acids is 1. The largest absolute Gasteiger partial charge is 0.480 e. The van der Waals surface area contributed by atoms with Crippen molar-refractivity contribution in [3.05, 3.63) is 29.8 Å². The highest BCUT2D eigenvalue weighted by Crippen LogP contribution is 2.17. The summed E-state index contributed by atoms with van der Waals surface area (Å²) >= 11 is 0. The number of amidine groups is 1. The van der Waals surface area contributed by atoms with E-state index < -0.39 is 24.0 Å². The molecular weight excluding hydrogens is 432 g/mol. The standard InChI is InChI=1S/C21H30N6O6/c1-13(2)12-33-21(32)25-16(20(30)31)9-24-17(28)10-27-8-7-26(11-18(27)29)15-5-3-14(4-6-15)19(22)23/h3-6,13,16H,7-12H2,1-2H3,(H3,22,23)(H,24,28)(H,25,32)(H,30,31)/t16-/m0/s1. The first-order chi connectivity index (χ1) is 15.6. The molecule has 1 heterocycles. The molecule has 33 heavy (non-hydrogen) atoms. The minimum atomic E-state index is -1.36. The second-order valence-electron chi connectivity index (χ2n) is 8.03. The van der Waals surface area contributed by atoms with E-state index in [1.54, 1.807) is 24.3 Å². The van der Waals surface area contributed by atoms with Crippen molar-refractivity contribution in [2.24, 2.45) is 11.7 Å². The number of amides is 3. The second-order valence-corrected chi connectivity index (χ2v) is 8.03. The molecule has 1 atom stereocenters. The first kappa shape index (κ1) is 25.4. The molecule has 180 valence electrons. The molecule has 1 aromatic rings. The van der Waals surface area contributed by atoms with Crippen LogP contribution in [0.3, 0.4) is 0 Å². The fourth-order valence-electron chi connectivity index (χ4n) is 3.02. The highest BCUT2D eigenvalue weighted by molar-refractivity contribution is 5.95. The molecule has 0 aliphatic carbocycles. The number of rotatable bonds is 10. The predicted octanol–water partition coefficient (Wildman–Crippen LogP) is -0.429. The first-order valence-corrected chi connectivity index (χ1v) is 10.5. The molecule has 0 radical (unpaired) electrons. The maximum Gasteiger partial charge on any atom is 0.407 e. The normalized spacial score (nSPS) is 14.6. The van der Waals surface area contributed by atoms with Crippen LogP contribution < -0.4 is 21.3 Å². The van der Waals surface area contributed by atoms with E-state index in [2.05, 4.69) is 10.6 Å². The van der Waals surface area contributed by atoms with E-state index in [4.69, 9.17) is 15.9 Å². The predicted molar refractivity (Wildman–Crippen MR) is 120 cm³/mol. The van der Waals surface area contributed by atoms with Crippen molar-refractivity contribution in [1.29, 1.82) is 5.41 Å². The van der Waals surface area contributed by atoms with E-state index in [9.17, 15) is 24.3 Å².